The Hall–Kier alpha value is -1.89. The molecule has 2 heterocycles. The van der Waals surface area contributed by atoms with Crippen molar-refractivity contribution in [2.24, 2.45) is 0 Å². The largest absolute Gasteiger partial charge is 0.374 e. The van der Waals surface area contributed by atoms with Crippen molar-refractivity contribution in [2.75, 3.05) is 26.2 Å². The van der Waals surface area contributed by atoms with Crippen LogP contribution < -0.4 is 5.32 Å². The summed E-state index contributed by atoms with van der Waals surface area (Å²) in [6.45, 7) is 3.16. The number of nitrogens with one attached hydrogen (secondary N) is 1. The summed E-state index contributed by atoms with van der Waals surface area (Å²) in [6, 6.07) is 8.05. The van der Waals surface area contributed by atoms with E-state index in [9.17, 15) is 4.79 Å². The van der Waals surface area contributed by atoms with Crippen LogP contribution in [0, 0.1) is 0 Å². The summed E-state index contributed by atoms with van der Waals surface area (Å²) in [5.74, 6) is -0.132. The zero-order valence-corrected chi connectivity index (χ0v) is 14.7. The van der Waals surface area contributed by atoms with Gasteiger partial charge in [-0.2, -0.15) is 5.10 Å². The third-order valence-corrected chi connectivity index (χ3v) is 4.91. The average molecular weight is 361 g/mol. The Morgan fingerprint density at radius 3 is 2.88 bits per heavy atom. The Kier molecular flexibility index (Phi) is 4.74. The molecule has 4 rings (SSSR count). The molecule has 2 aromatic rings. The second-order valence-electron chi connectivity index (χ2n) is 6.58. The van der Waals surface area contributed by atoms with E-state index in [0.29, 0.717) is 17.1 Å². The summed E-state index contributed by atoms with van der Waals surface area (Å²) in [5.41, 5.74) is 1.39. The standard InChI is InChI=1S/C18H21ClN4O2/c19-14-1-3-16(4-2-14)23-11-13(9-21-23)18(24)20-10-17-12-22(7-8-25-17)15-5-6-15/h1-4,9,11,15,17H,5-8,10,12H2,(H,20,24). The van der Waals surface area contributed by atoms with Crippen LogP contribution in [0.4, 0.5) is 0 Å². The highest BCUT2D eigenvalue weighted by molar-refractivity contribution is 6.30. The van der Waals surface area contributed by atoms with Crippen LogP contribution in [0.5, 0.6) is 0 Å². The molecular formula is C18H21ClN4O2. The smallest absolute Gasteiger partial charge is 0.254 e. The molecule has 1 saturated carbocycles. The quantitative estimate of drug-likeness (QED) is 0.887. The third-order valence-electron chi connectivity index (χ3n) is 4.66. The number of carbonyl (C=O) groups is 1. The minimum atomic E-state index is -0.132. The summed E-state index contributed by atoms with van der Waals surface area (Å²) >= 11 is 5.89. The van der Waals surface area contributed by atoms with Crippen LogP contribution in [0.1, 0.15) is 23.2 Å². The molecule has 1 aliphatic heterocycles. The molecule has 1 aliphatic carbocycles. The molecule has 1 aromatic heterocycles. The number of benzene rings is 1. The zero-order chi connectivity index (χ0) is 17.2. The van der Waals surface area contributed by atoms with Gasteiger partial charge in [0.2, 0.25) is 0 Å². The molecule has 1 aromatic carbocycles. The molecule has 6 nitrogen and oxygen atoms in total. The summed E-state index contributed by atoms with van der Waals surface area (Å²) in [6.07, 6.45) is 5.94. The number of amides is 1. The van der Waals surface area contributed by atoms with Crippen LogP contribution in [-0.4, -0.2) is 59.0 Å². The maximum Gasteiger partial charge on any atom is 0.254 e. The van der Waals surface area contributed by atoms with Crippen LogP contribution >= 0.6 is 11.6 Å². The van der Waals surface area contributed by atoms with E-state index in [2.05, 4.69) is 15.3 Å². The van der Waals surface area contributed by atoms with Crippen molar-refractivity contribution in [2.45, 2.75) is 25.0 Å². The van der Waals surface area contributed by atoms with Crippen LogP contribution in [0.3, 0.4) is 0 Å². The molecule has 1 N–H and O–H groups in total. The van der Waals surface area contributed by atoms with E-state index in [-0.39, 0.29) is 12.0 Å². The first-order chi connectivity index (χ1) is 12.2. The van der Waals surface area contributed by atoms with Crippen molar-refractivity contribution in [3.8, 4) is 5.69 Å². The summed E-state index contributed by atoms with van der Waals surface area (Å²) < 4.78 is 7.43. The van der Waals surface area contributed by atoms with Crippen LogP contribution in [0.2, 0.25) is 5.02 Å². The second kappa shape index (κ2) is 7.15. The number of hydrogen-bond acceptors (Lipinski definition) is 4. The van der Waals surface area contributed by atoms with Gasteiger partial charge in [0, 0.05) is 36.9 Å². The van der Waals surface area contributed by atoms with Gasteiger partial charge in [-0.15, -0.1) is 0 Å². The Morgan fingerprint density at radius 2 is 2.12 bits per heavy atom. The molecule has 1 unspecified atom stereocenters. The normalized spacial score (nSPS) is 21.2. The van der Waals surface area contributed by atoms with Gasteiger partial charge in [0.05, 0.1) is 30.2 Å². The molecule has 1 saturated heterocycles. The highest BCUT2D eigenvalue weighted by Gasteiger charge is 2.33. The van der Waals surface area contributed by atoms with Crippen LogP contribution in [0.25, 0.3) is 5.69 Å². The lowest BCUT2D eigenvalue weighted by Crippen LogP contribution is -2.48. The third kappa shape index (κ3) is 4.03. The highest BCUT2D eigenvalue weighted by atomic mass is 35.5. The van der Waals surface area contributed by atoms with Crippen LogP contribution in [-0.2, 0) is 4.74 Å². The van der Waals surface area contributed by atoms with E-state index in [1.165, 1.54) is 12.8 Å². The fourth-order valence-electron chi connectivity index (χ4n) is 3.12. The van der Waals surface area contributed by atoms with Gasteiger partial charge in [0.1, 0.15) is 0 Å². The first-order valence-electron chi connectivity index (χ1n) is 8.63. The number of rotatable bonds is 5. The zero-order valence-electron chi connectivity index (χ0n) is 13.9. The van der Waals surface area contributed by atoms with Gasteiger partial charge >= 0.3 is 0 Å². The Balaban J connectivity index is 1.33. The number of hydrogen-bond donors (Lipinski definition) is 1. The lowest BCUT2D eigenvalue weighted by molar-refractivity contribution is -0.0293. The van der Waals surface area contributed by atoms with Crippen LogP contribution in [0.15, 0.2) is 36.7 Å². The predicted molar refractivity (Wildman–Crippen MR) is 95.2 cm³/mol. The number of nitrogens with zero attached hydrogens (tertiary/aromatic N) is 3. The number of aromatic nitrogens is 2. The van der Waals surface area contributed by atoms with Gasteiger partial charge in [0.15, 0.2) is 0 Å². The number of ether oxygens (including phenoxy) is 1. The number of halogens is 1. The Labute approximate surface area is 151 Å². The Bertz CT molecular complexity index is 742. The molecule has 132 valence electrons. The van der Waals surface area contributed by atoms with Gasteiger partial charge in [-0.3, -0.25) is 9.69 Å². The van der Waals surface area contributed by atoms with Crippen molar-refractivity contribution in [1.82, 2.24) is 20.0 Å². The van der Waals surface area contributed by atoms with E-state index in [1.54, 1.807) is 29.2 Å². The van der Waals surface area contributed by atoms with E-state index in [4.69, 9.17) is 16.3 Å². The van der Waals surface area contributed by atoms with E-state index in [1.807, 2.05) is 12.1 Å². The maximum atomic E-state index is 12.4. The maximum absolute atomic E-state index is 12.4. The molecule has 0 spiro atoms. The van der Waals surface area contributed by atoms with Gasteiger partial charge in [-0.25, -0.2) is 4.68 Å². The lowest BCUT2D eigenvalue weighted by Gasteiger charge is -2.33. The summed E-state index contributed by atoms with van der Waals surface area (Å²) in [5, 5.41) is 7.87. The molecule has 1 amide bonds. The molecule has 2 fully saturated rings. The molecule has 0 radical (unpaired) electrons. The molecule has 25 heavy (non-hydrogen) atoms. The van der Waals surface area contributed by atoms with Crippen molar-refractivity contribution in [3.63, 3.8) is 0 Å². The molecule has 0 bridgehead atoms. The fraction of sp³-hybridized carbons (Fsp3) is 0.444. The molecule has 1 atom stereocenters. The highest BCUT2D eigenvalue weighted by Crippen LogP contribution is 2.28. The van der Waals surface area contributed by atoms with Gasteiger partial charge in [-0.1, -0.05) is 11.6 Å². The number of carbonyl (C=O) groups excluding carboxylic acids is 1. The van der Waals surface area contributed by atoms with E-state index < -0.39 is 0 Å². The topological polar surface area (TPSA) is 59.4 Å². The van der Waals surface area contributed by atoms with Crippen molar-refractivity contribution < 1.29 is 9.53 Å². The van der Waals surface area contributed by atoms with E-state index >= 15 is 0 Å². The van der Waals surface area contributed by atoms with Crippen molar-refractivity contribution in [1.29, 1.82) is 0 Å². The number of morpholine rings is 1. The average Bonchev–Trinajstić information content (AvgIpc) is 3.38. The van der Waals surface area contributed by atoms with Gasteiger partial charge < -0.3 is 10.1 Å². The summed E-state index contributed by atoms with van der Waals surface area (Å²) in [4.78, 5) is 14.8. The molecule has 7 heteroatoms. The van der Waals surface area contributed by atoms with Gasteiger partial charge in [0.25, 0.3) is 5.91 Å². The molecular weight excluding hydrogens is 340 g/mol. The summed E-state index contributed by atoms with van der Waals surface area (Å²) in [7, 11) is 0. The first-order valence-corrected chi connectivity index (χ1v) is 9.01. The first kappa shape index (κ1) is 16.6. The second-order valence-corrected chi connectivity index (χ2v) is 7.02. The monoisotopic (exact) mass is 360 g/mol. The SMILES string of the molecule is O=C(NCC1CN(C2CC2)CCO1)c1cnn(-c2ccc(Cl)cc2)c1. The van der Waals surface area contributed by atoms with E-state index in [0.717, 1.165) is 31.4 Å². The molecule has 2 aliphatic rings. The predicted octanol–water partition coefficient (Wildman–Crippen LogP) is 2.12. The Morgan fingerprint density at radius 1 is 1.32 bits per heavy atom. The fourth-order valence-corrected chi connectivity index (χ4v) is 3.25. The minimum Gasteiger partial charge on any atom is -0.374 e. The van der Waals surface area contributed by atoms with Crippen molar-refractivity contribution in [3.05, 3.63) is 47.2 Å². The van der Waals surface area contributed by atoms with Gasteiger partial charge in [-0.05, 0) is 37.1 Å². The van der Waals surface area contributed by atoms with Crippen molar-refractivity contribution >= 4 is 17.5 Å². The minimum absolute atomic E-state index is 0.0598. The lowest BCUT2D eigenvalue weighted by atomic mass is 10.2.